The summed E-state index contributed by atoms with van der Waals surface area (Å²) >= 11 is 2.81. The summed E-state index contributed by atoms with van der Waals surface area (Å²) in [6.45, 7) is 4.53. The van der Waals surface area contributed by atoms with Crippen molar-refractivity contribution in [3.63, 3.8) is 0 Å². The Morgan fingerprint density at radius 2 is 1.90 bits per heavy atom. The molecule has 4 aromatic rings. The largest absolute Gasteiger partial charge is 0.506 e. The molecule has 0 saturated carbocycles. The summed E-state index contributed by atoms with van der Waals surface area (Å²) in [5.74, 6) is -0.894. The number of ether oxygens (including phenoxy) is 1. The number of benzene rings is 2. The van der Waals surface area contributed by atoms with Gasteiger partial charge in [-0.15, -0.1) is 11.3 Å². The molecule has 39 heavy (non-hydrogen) atoms. The number of aliphatic imine (C=N–C) groups is 1. The molecule has 1 aliphatic heterocycles. The highest BCUT2D eigenvalue weighted by molar-refractivity contribution is 8.18. The molecule has 0 spiro atoms. The van der Waals surface area contributed by atoms with Gasteiger partial charge in [0.15, 0.2) is 0 Å². The molecular weight excluding hydrogens is 530 g/mol. The van der Waals surface area contributed by atoms with Gasteiger partial charge >= 0.3 is 5.97 Å². The van der Waals surface area contributed by atoms with Crippen LogP contribution in [-0.2, 0) is 27.4 Å². The highest BCUT2D eigenvalue weighted by Crippen LogP contribution is 2.41. The third-order valence-electron chi connectivity index (χ3n) is 6.09. The van der Waals surface area contributed by atoms with E-state index in [1.807, 2.05) is 89.8 Å². The van der Waals surface area contributed by atoms with Gasteiger partial charge in [-0.2, -0.15) is 0 Å². The van der Waals surface area contributed by atoms with E-state index in [-0.39, 0.29) is 30.4 Å². The molecule has 9 heteroatoms. The first kappa shape index (κ1) is 26.5. The highest BCUT2D eigenvalue weighted by Gasteiger charge is 2.33. The zero-order valence-electron chi connectivity index (χ0n) is 21.5. The maximum atomic E-state index is 12.8. The van der Waals surface area contributed by atoms with Gasteiger partial charge in [0.25, 0.3) is 0 Å². The van der Waals surface area contributed by atoms with Crippen molar-refractivity contribution in [2.75, 3.05) is 6.61 Å². The van der Waals surface area contributed by atoms with Crippen molar-refractivity contribution in [1.82, 2.24) is 9.88 Å². The summed E-state index contributed by atoms with van der Waals surface area (Å²) in [6.07, 6.45) is 3.70. The molecule has 0 fully saturated rings. The SMILES string of the molecule is CCOC(=O)C1=C(O)/C(=C/c2cn(CC(=O)NCc3cccs3)c3ccccc23)SC1=Nc1ccc(C)cc1. The number of aliphatic hydroxyl groups is 1. The molecule has 1 aliphatic rings. The number of nitrogens with one attached hydrogen (secondary N) is 1. The zero-order valence-corrected chi connectivity index (χ0v) is 23.1. The first-order valence-electron chi connectivity index (χ1n) is 12.5. The Morgan fingerprint density at radius 1 is 1.10 bits per heavy atom. The smallest absolute Gasteiger partial charge is 0.344 e. The number of aryl methyl sites for hydroxylation is 1. The fraction of sp³-hybridized carbons (Fsp3) is 0.167. The second-order valence-corrected chi connectivity index (χ2v) is 11.0. The Kier molecular flexibility index (Phi) is 7.99. The van der Waals surface area contributed by atoms with Crippen molar-refractivity contribution in [2.24, 2.45) is 4.99 Å². The number of nitrogens with zero attached hydrogens (tertiary/aromatic N) is 2. The minimum absolute atomic E-state index is 0.0466. The van der Waals surface area contributed by atoms with Crippen LogP contribution < -0.4 is 5.32 Å². The second kappa shape index (κ2) is 11.8. The minimum atomic E-state index is -0.624. The van der Waals surface area contributed by atoms with E-state index in [0.29, 0.717) is 22.2 Å². The Morgan fingerprint density at radius 3 is 2.64 bits per heavy atom. The van der Waals surface area contributed by atoms with E-state index in [4.69, 9.17) is 4.74 Å². The van der Waals surface area contributed by atoms with Crippen molar-refractivity contribution in [3.05, 3.63) is 104 Å². The van der Waals surface area contributed by atoms with Crippen LogP contribution in [0.15, 0.2) is 93.5 Å². The summed E-state index contributed by atoms with van der Waals surface area (Å²) in [7, 11) is 0. The van der Waals surface area contributed by atoms with Crippen molar-refractivity contribution in [1.29, 1.82) is 0 Å². The number of para-hydroxylation sites is 1. The van der Waals surface area contributed by atoms with Crippen molar-refractivity contribution < 1.29 is 19.4 Å². The van der Waals surface area contributed by atoms with Crippen LogP contribution in [0.2, 0.25) is 0 Å². The molecule has 0 atom stereocenters. The van der Waals surface area contributed by atoms with Crippen LogP contribution in [0.4, 0.5) is 5.69 Å². The van der Waals surface area contributed by atoms with Gasteiger partial charge in [-0.3, -0.25) is 4.79 Å². The molecule has 0 radical (unpaired) electrons. The molecule has 5 rings (SSSR count). The first-order valence-corrected chi connectivity index (χ1v) is 14.2. The van der Waals surface area contributed by atoms with Crippen LogP contribution in [0.5, 0.6) is 0 Å². The fourth-order valence-corrected chi connectivity index (χ4v) is 5.87. The number of aliphatic hydroxyl groups excluding tert-OH is 1. The average Bonchev–Trinajstić information content (AvgIpc) is 3.64. The number of aromatic nitrogens is 1. The molecule has 1 amide bonds. The van der Waals surface area contributed by atoms with Gasteiger partial charge in [0.1, 0.15) is 22.9 Å². The van der Waals surface area contributed by atoms with Gasteiger partial charge in [0.2, 0.25) is 5.91 Å². The number of carbonyl (C=O) groups excluding carboxylic acids is 2. The lowest BCUT2D eigenvalue weighted by Gasteiger charge is -2.06. The van der Waals surface area contributed by atoms with Gasteiger partial charge in [-0.1, -0.05) is 53.7 Å². The van der Waals surface area contributed by atoms with E-state index in [1.54, 1.807) is 18.3 Å². The van der Waals surface area contributed by atoms with E-state index in [2.05, 4.69) is 10.3 Å². The van der Waals surface area contributed by atoms with Gasteiger partial charge < -0.3 is 19.7 Å². The Bertz CT molecular complexity index is 1610. The number of thiophene rings is 1. The lowest BCUT2D eigenvalue weighted by atomic mass is 10.1. The van der Waals surface area contributed by atoms with Crippen LogP contribution >= 0.6 is 23.1 Å². The van der Waals surface area contributed by atoms with Crippen LogP contribution in [-0.4, -0.2) is 33.2 Å². The summed E-state index contributed by atoms with van der Waals surface area (Å²) < 4.78 is 7.11. The summed E-state index contributed by atoms with van der Waals surface area (Å²) in [4.78, 5) is 31.7. The number of rotatable bonds is 8. The quantitative estimate of drug-likeness (QED) is 0.241. The molecule has 0 bridgehead atoms. The maximum Gasteiger partial charge on any atom is 0.344 e. The molecule has 7 nitrogen and oxygen atoms in total. The lowest BCUT2D eigenvalue weighted by Crippen LogP contribution is -2.26. The standard InChI is InChI=1S/C30H27N3O4S2/c1-3-37-30(36)27-28(35)25(39-29(27)32-21-12-10-19(2)11-13-21)15-20-17-33(24-9-5-4-8-23(20)24)18-26(34)31-16-22-7-6-14-38-22/h4-15,17,35H,3,16,18H2,1-2H3,(H,31,34)/b25-15-,32-29?. The Hall–Kier alpha value is -4.08. The van der Waals surface area contributed by atoms with Crippen LogP contribution in [0.1, 0.15) is 22.9 Å². The van der Waals surface area contributed by atoms with Crippen molar-refractivity contribution in [2.45, 2.75) is 26.9 Å². The van der Waals surface area contributed by atoms with Gasteiger partial charge in [0, 0.05) is 27.5 Å². The topological polar surface area (TPSA) is 92.9 Å². The number of amides is 1. The molecule has 2 aromatic heterocycles. The summed E-state index contributed by atoms with van der Waals surface area (Å²) in [6, 6.07) is 19.3. The maximum absolute atomic E-state index is 12.8. The van der Waals surface area contributed by atoms with E-state index in [9.17, 15) is 14.7 Å². The molecule has 0 unspecified atom stereocenters. The van der Waals surface area contributed by atoms with Crippen molar-refractivity contribution >= 4 is 62.7 Å². The van der Waals surface area contributed by atoms with Crippen LogP contribution in [0.3, 0.4) is 0 Å². The van der Waals surface area contributed by atoms with E-state index < -0.39 is 5.97 Å². The third kappa shape index (κ3) is 6.00. The minimum Gasteiger partial charge on any atom is -0.506 e. The fourth-order valence-electron chi connectivity index (χ4n) is 4.20. The normalized spacial score (nSPS) is 15.4. The van der Waals surface area contributed by atoms with Crippen LogP contribution in [0, 0.1) is 6.92 Å². The van der Waals surface area contributed by atoms with E-state index in [0.717, 1.165) is 26.9 Å². The molecular formula is C30H27N3O4S2. The Balaban J connectivity index is 1.47. The number of hydrogen-bond donors (Lipinski definition) is 2. The number of carbonyl (C=O) groups is 2. The average molecular weight is 558 g/mol. The predicted octanol–water partition coefficient (Wildman–Crippen LogP) is 6.52. The summed E-state index contributed by atoms with van der Waals surface area (Å²) in [5.41, 5.74) is 3.51. The molecule has 0 aliphatic carbocycles. The van der Waals surface area contributed by atoms with Crippen molar-refractivity contribution in [3.8, 4) is 0 Å². The predicted molar refractivity (Wildman–Crippen MR) is 158 cm³/mol. The monoisotopic (exact) mass is 557 g/mol. The van der Waals surface area contributed by atoms with Crippen LogP contribution in [0.25, 0.3) is 17.0 Å². The number of thioether (sulfide) groups is 1. The number of hydrogen-bond acceptors (Lipinski definition) is 7. The lowest BCUT2D eigenvalue weighted by molar-refractivity contribution is -0.138. The molecule has 198 valence electrons. The molecule has 2 N–H and O–H groups in total. The number of esters is 1. The molecule has 0 saturated heterocycles. The highest BCUT2D eigenvalue weighted by atomic mass is 32.2. The zero-order chi connectivity index (χ0) is 27.4. The Labute approximate surface area is 234 Å². The molecule has 3 heterocycles. The van der Waals surface area contributed by atoms with Gasteiger partial charge in [0.05, 0.1) is 23.7 Å². The third-order valence-corrected chi connectivity index (χ3v) is 7.99. The van der Waals surface area contributed by atoms with E-state index in [1.165, 1.54) is 11.8 Å². The first-order chi connectivity index (χ1) is 18.9. The molecule has 2 aromatic carbocycles. The summed E-state index contributed by atoms with van der Waals surface area (Å²) in [5, 5.41) is 17.4. The number of fused-ring (bicyclic) bond motifs is 1. The van der Waals surface area contributed by atoms with Gasteiger partial charge in [-0.05, 0) is 49.6 Å². The second-order valence-electron chi connectivity index (χ2n) is 8.89. The van der Waals surface area contributed by atoms with E-state index >= 15 is 0 Å². The van der Waals surface area contributed by atoms with Gasteiger partial charge in [-0.25, -0.2) is 9.79 Å².